The number of nitrogens with zero attached hydrogens (tertiary/aromatic N) is 1. The summed E-state index contributed by atoms with van der Waals surface area (Å²) in [5.74, 6) is 1.58. The van der Waals surface area contributed by atoms with Gasteiger partial charge in [0, 0.05) is 13.1 Å². The minimum absolute atomic E-state index is 0.0129. The first-order valence-electron chi connectivity index (χ1n) is 8.08. The van der Waals surface area contributed by atoms with Gasteiger partial charge in [0.15, 0.2) is 11.5 Å². The Labute approximate surface area is 142 Å². The van der Waals surface area contributed by atoms with Gasteiger partial charge in [0.25, 0.3) is 0 Å². The average Bonchev–Trinajstić information content (AvgIpc) is 2.60. The lowest BCUT2D eigenvalue weighted by molar-refractivity contribution is -0.122. The van der Waals surface area contributed by atoms with Crippen molar-refractivity contribution in [3.05, 3.63) is 59.7 Å². The average molecular weight is 326 g/mol. The molecule has 0 saturated carbocycles. The Morgan fingerprint density at radius 2 is 1.79 bits per heavy atom. The fourth-order valence-corrected chi connectivity index (χ4v) is 2.65. The summed E-state index contributed by atoms with van der Waals surface area (Å²) < 4.78 is 11.1. The van der Waals surface area contributed by atoms with E-state index in [1.54, 1.807) is 0 Å². The highest BCUT2D eigenvalue weighted by molar-refractivity contribution is 5.77. The first kappa shape index (κ1) is 16.3. The fraction of sp³-hybridized carbons (Fsp3) is 0.316. The van der Waals surface area contributed by atoms with Gasteiger partial charge in [0.2, 0.25) is 5.91 Å². The Balaban J connectivity index is 1.48. The molecule has 1 aliphatic rings. The zero-order valence-electron chi connectivity index (χ0n) is 13.8. The van der Waals surface area contributed by atoms with Crippen LogP contribution in [0.25, 0.3) is 0 Å². The van der Waals surface area contributed by atoms with Crippen molar-refractivity contribution in [1.82, 2.24) is 10.2 Å². The molecule has 2 aromatic carbocycles. The second-order valence-electron chi connectivity index (χ2n) is 5.91. The van der Waals surface area contributed by atoms with Crippen molar-refractivity contribution in [1.29, 1.82) is 0 Å². The maximum Gasteiger partial charge on any atom is 0.234 e. The van der Waals surface area contributed by atoms with Crippen LogP contribution >= 0.6 is 0 Å². The van der Waals surface area contributed by atoms with E-state index in [2.05, 4.69) is 5.32 Å². The van der Waals surface area contributed by atoms with Crippen LogP contribution in [0.5, 0.6) is 11.5 Å². The third kappa shape index (κ3) is 4.49. The Kier molecular flexibility index (Phi) is 5.33. The molecule has 2 aromatic rings. The lowest BCUT2D eigenvalue weighted by atomic mass is 10.2. The number of fused-ring (bicyclic) bond motifs is 1. The first-order chi connectivity index (χ1) is 11.7. The molecule has 1 aliphatic heterocycles. The van der Waals surface area contributed by atoms with E-state index < -0.39 is 0 Å². The molecule has 5 nitrogen and oxygen atoms in total. The molecule has 126 valence electrons. The van der Waals surface area contributed by atoms with Crippen LogP contribution in [0.2, 0.25) is 0 Å². The van der Waals surface area contributed by atoms with Gasteiger partial charge in [-0.15, -0.1) is 0 Å². The van der Waals surface area contributed by atoms with Crippen molar-refractivity contribution in [3.8, 4) is 11.5 Å². The summed E-state index contributed by atoms with van der Waals surface area (Å²) in [5.41, 5.74) is 2.19. The maximum atomic E-state index is 12.1. The number of nitrogens with one attached hydrogen (secondary N) is 1. The summed E-state index contributed by atoms with van der Waals surface area (Å²) >= 11 is 0. The predicted octanol–water partition coefficient (Wildman–Crippen LogP) is 2.21. The van der Waals surface area contributed by atoms with Crippen molar-refractivity contribution in [2.24, 2.45) is 0 Å². The molecule has 0 fully saturated rings. The summed E-state index contributed by atoms with van der Waals surface area (Å²) in [5, 5.41) is 2.94. The molecule has 0 bridgehead atoms. The van der Waals surface area contributed by atoms with Crippen LogP contribution in [0.15, 0.2) is 48.5 Å². The van der Waals surface area contributed by atoms with Crippen LogP contribution in [0, 0.1) is 0 Å². The van der Waals surface area contributed by atoms with Crippen LogP contribution in [0.4, 0.5) is 0 Å². The van der Waals surface area contributed by atoms with E-state index in [0.717, 1.165) is 22.6 Å². The number of carbonyl (C=O) groups is 1. The molecule has 0 aromatic heterocycles. The van der Waals surface area contributed by atoms with Gasteiger partial charge in [-0.05, 0) is 30.3 Å². The van der Waals surface area contributed by atoms with Gasteiger partial charge in [-0.2, -0.15) is 0 Å². The summed E-state index contributed by atoms with van der Waals surface area (Å²) in [6.45, 7) is 2.75. The van der Waals surface area contributed by atoms with Gasteiger partial charge < -0.3 is 14.8 Å². The molecule has 0 atom stereocenters. The van der Waals surface area contributed by atoms with Crippen molar-refractivity contribution in [3.63, 3.8) is 0 Å². The van der Waals surface area contributed by atoms with Gasteiger partial charge in [-0.3, -0.25) is 9.69 Å². The van der Waals surface area contributed by atoms with Gasteiger partial charge >= 0.3 is 0 Å². The van der Waals surface area contributed by atoms with E-state index in [0.29, 0.717) is 32.8 Å². The third-order valence-corrected chi connectivity index (χ3v) is 3.81. The molecule has 1 amide bonds. The topological polar surface area (TPSA) is 50.8 Å². The summed E-state index contributed by atoms with van der Waals surface area (Å²) in [6, 6.07) is 15.8. The fourth-order valence-electron chi connectivity index (χ4n) is 2.65. The Morgan fingerprint density at radius 1 is 1.04 bits per heavy atom. The Morgan fingerprint density at radius 3 is 2.58 bits per heavy atom. The number of hydrogen-bond acceptors (Lipinski definition) is 4. The van der Waals surface area contributed by atoms with Crippen LogP contribution in [0.1, 0.15) is 11.1 Å². The van der Waals surface area contributed by atoms with Crippen molar-refractivity contribution in [2.75, 3.05) is 26.8 Å². The smallest absolute Gasteiger partial charge is 0.234 e. The summed E-state index contributed by atoms with van der Waals surface area (Å²) in [4.78, 5) is 14.0. The number of likely N-dealkylation sites (N-methyl/N-ethyl adjacent to an activating group) is 1. The zero-order chi connectivity index (χ0) is 16.8. The number of hydrogen-bond donors (Lipinski definition) is 1. The maximum absolute atomic E-state index is 12.1. The largest absolute Gasteiger partial charge is 0.486 e. The lowest BCUT2D eigenvalue weighted by Crippen LogP contribution is -2.34. The van der Waals surface area contributed by atoms with Gasteiger partial charge in [-0.25, -0.2) is 0 Å². The molecule has 0 saturated heterocycles. The minimum Gasteiger partial charge on any atom is -0.486 e. The zero-order valence-corrected chi connectivity index (χ0v) is 13.8. The number of carbonyl (C=O) groups excluding carboxylic acids is 1. The first-order valence-corrected chi connectivity index (χ1v) is 8.08. The van der Waals surface area contributed by atoms with Crippen molar-refractivity contribution >= 4 is 5.91 Å². The second-order valence-corrected chi connectivity index (χ2v) is 5.91. The van der Waals surface area contributed by atoms with E-state index in [4.69, 9.17) is 9.47 Å². The highest BCUT2D eigenvalue weighted by atomic mass is 16.6. The highest BCUT2D eigenvalue weighted by Gasteiger charge is 2.13. The van der Waals surface area contributed by atoms with Gasteiger partial charge in [-0.1, -0.05) is 36.4 Å². The third-order valence-electron chi connectivity index (χ3n) is 3.81. The second kappa shape index (κ2) is 7.84. The quantitative estimate of drug-likeness (QED) is 0.884. The number of rotatable bonds is 6. The molecular weight excluding hydrogens is 304 g/mol. The molecule has 0 aliphatic carbocycles. The molecule has 0 radical (unpaired) electrons. The Hall–Kier alpha value is -2.53. The number of ether oxygens (including phenoxy) is 2. The van der Waals surface area contributed by atoms with Crippen molar-refractivity contribution in [2.45, 2.75) is 13.1 Å². The number of amides is 1. The normalized spacial score (nSPS) is 12.9. The van der Waals surface area contributed by atoms with E-state index in [1.165, 1.54) is 0 Å². The summed E-state index contributed by atoms with van der Waals surface area (Å²) in [6.07, 6.45) is 0. The van der Waals surface area contributed by atoms with E-state index in [1.807, 2.05) is 60.5 Å². The van der Waals surface area contributed by atoms with Crippen molar-refractivity contribution < 1.29 is 14.3 Å². The van der Waals surface area contributed by atoms with Gasteiger partial charge in [0.05, 0.1) is 6.54 Å². The SMILES string of the molecule is CN(CC(=O)NCc1ccccc1)Cc1ccc2c(c1)OCCO2. The highest BCUT2D eigenvalue weighted by Crippen LogP contribution is 2.30. The molecule has 5 heteroatoms. The van der Waals surface area contributed by atoms with E-state index in [-0.39, 0.29) is 5.91 Å². The molecule has 0 unspecified atom stereocenters. The van der Waals surface area contributed by atoms with Crippen LogP contribution in [-0.4, -0.2) is 37.6 Å². The van der Waals surface area contributed by atoms with Crippen LogP contribution in [0.3, 0.4) is 0 Å². The minimum atomic E-state index is 0.0129. The monoisotopic (exact) mass is 326 g/mol. The van der Waals surface area contributed by atoms with Gasteiger partial charge in [0.1, 0.15) is 13.2 Å². The Bertz CT molecular complexity index is 688. The standard InChI is InChI=1S/C19H22N2O3/c1-21(14-19(22)20-12-15-5-3-2-4-6-15)13-16-7-8-17-18(11-16)24-10-9-23-17/h2-8,11H,9-10,12-14H2,1H3,(H,20,22). The van der Waals surface area contributed by atoms with Crippen LogP contribution in [-0.2, 0) is 17.9 Å². The molecule has 3 rings (SSSR count). The molecular formula is C19H22N2O3. The summed E-state index contributed by atoms with van der Waals surface area (Å²) in [7, 11) is 1.93. The molecule has 0 spiro atoms. The predicted molar refractivity (Wildman–Crippen MR) is 92.1 cm³/mol. The lowest BCUT2D eigenvalue weighted by Gasteiger charge is -2.21. The molecule has 24 heavy (non-hydrogen) atoms. The molecule has 1 heterocycles. The van der Waals surface area contributed by atoms with Crippen LogP contribution < -0.4 is 14.8 Å². The van der Waals surface area contributed by atoms with E-state index in [9.17, 15) is 4.79 Å². The van der Waals surface area contributed by atoms with E-state index >= 15 is 0 Å². The molecule has 1 N–H and O–H groups in total. The number of benzene rings is 2.